The van der Waals surface area contributed by atoms with Gasteiger partial charge in [0.25, 0.3) is 0 Å². The molecule has 3 heterocycles. The molecule has 2 aliphatic heterocycles. The fraction of sp³-hybridized carbons (Fsp3) is 0.553. The highest BCUT2D eigenvalue weighted by Gasteiger charge is 2.62. The molecule has 11 nitrogen and oxygen atoms in total. The van der Waals surface area contributed by atoms with Crippen LogP contribution in [0.5, 0.6) is 17.2 Å². The molecule has 2 spiro atoms. The average Bonchev–Trinajstić information content (AvgIpc) is 1.67. The minimum Gasteiger partial charge on any atom is -0.508 e. The lowest BCUT2D eigenvalue weighted by atomic mass is 9.53. The van der Waals surface area contributed by atoms with Crippen LogP contribution >= 0.6 is 43.2 Å². The number of aromatic nitrogens is 1. The van der Waals surface area contributed by atoms with Crippen molar-refractivity contribution in [1.29, 1.82) is 0 Å². The number of hydrogen-bond acceptors (Lipinski definition) is 14. The number of Topliss-reactive ketones (excluding diaryl/α,β-unsaturated/α-hetero) is 1. The quantitative estimate of drug-likeness (QED) is 0.0470. The molecule has 4 aromatic carbocycles. The van der Waals surface area contributed by atoms with Gasteiger partial charge in [-0.2, -0.15) is 0 Å². The van der Waals surface area contributed by atoms with Crippen LogP contribution in [-0.4, -0.2) is 83.8 Å². The van der Waals surface area contributed by atoms with Crippen molar-refractivity contribution in [2.75, 3.05) is 30.5 Å². The molecule has 6 fully saturated rings. The number of aliphatic hydroxyl groups excluding tert-OH is 1. The Morgan fingerprint density at radius 2 is 1.53 bits per heavy atom. The number of aromatic amines is 1. The van der Waals surface area contributed by atoms with Gasteiger partial charge in [0, 0.05) is 82.7 Å². The Balaban J connectivity index is 0.838. The third-order valence-corrected chi connectivity index (χ3v) is 29.5. The molecule has 14 rings (SSSR count). The minimum absolute atomic E-state index is 0.000694. The maximum absolute atomic E-state index is 14.5. The summed E-state index contributed by atoms with van der Waals surface area (Å²) in [5.41, 5.74) is 20.8. The van der Waals surface area contributed by atoms with Crippen LogP contribution in [0.25, 0.3) is 0 Å². The second-order valence-corrected chi connectivity index (χ2v) is 34.3. The van der Waals surface area contributed by atoms with Crippen molar-refractivity contribution in [1.82, 2.24) is 4.98 Å². The van der Waals surface area contributed by atoms with E-state index in [2.05, 4.69) is 53.2 Å². The molecule has 10 N–H and O–H groups in total. The van der Waals surface area contributed by atoms with Gasteiger partial charge in [-0.3, -0.25) is 9.59 Å². The first-order valence-corrected chi connectivity index (χ1v) is 39.1. The Labute approximate surface area is 553 Å². The lowest BCUT2D eigenvalue weighted by Crippen LogP contribution is -2.55. The van der Waals surface area contributed by atoms with Gasteiger partial charge in [-0.05, 0) is 230 Å². The Morgan fingerprint density at radius 3 is 2.37 bits per heavy atom. The minimum atomic E-state index is -1.07. The molecular weight excluding hydrogens is 1210 g/mol. The summed E-state index contributed by atoms with van der Waals surface area (Å²) in [5, 5.41) is 62.3. The molecule has 0 radical (unpaired) electrons. The number of carbonyl (C=O) groups excluding carboxylic acids is 2. The first-order chi connectivity index (χ1) is 44.1. The number of nitrogens with one attached hydrogen (secondary N) is 1. The van der Waals surface area contributed by atoms with E-state index in [4.69, 9.17) is 16.2 Å². The topological polar surface area (TPSA) is 212 Å². The molecular formula is C76H91N3O8S4. The molecule has 482 valence electrons. The van der Waals surface area contributed by atoms with Crippen LogP contribution < -0.4 is 16.2 Å². The van der Waals surface area contributed by atoms with Crippen LogP contribution in [-0.2, 0) is 36.2 Å². The van der Waals surface area contributed by atoms with Crippen molar-refractivity contribution in [3.63, 3.8) is 0 Å². The predicted molar refractivity (Wildman–Crippen MR) is 368 cm³/mol. The van der Waals surface area contributed by atoms with Gasteiger partial charge in [0.15, 0.2) is 23.1 Å². The van der Waals surface area contributed by atoms with E-state index in [9.17, 15) is 35.1 Å². The van der Waals surface area contributed by atoms with Gasteiger partial charge < -0.3 is 46.7 Å². The number of ketones is 2. The van der Waals surface area contributed by atoms with E-state index in [0.717, 1.165) is 90.6 Å². The number of ether oxygens (including phenoxy) is 1. The lowest BCUT2D eigenvalue weighted by molar-refractivity contribution is -0.152. The summed E-state index contributed by atoms with van der Waals surface area (Å²) < 4.78 is 6.32. The zero-order valence-corrected chi connectivity index (χ0v) is 55.7. The zero-order valence-electron chi connectivity index (χ0n) is 52.4. The first-order valence-electron chi connectivity index (χ1n) is 34.1. The summed E-state index contributed by atoms with van der Waals surface area (Å²) in [5.74, 6) is 11.2. The van der Waals surface area contributed by atoms with Crippen molar-refractivity contribution >= 4 is 54.7 Å². The predicted octanol–water partition coefficient (Wildman–Crippen LogP) is 14.2. The van der Waals surface area contributed by atoms with Gasteiger partial charge >= 0.3 is 0 Å². The number of aryl methyl sites for hydroxylation is 1. The third-order valence-electron chi connectivity index (χ3n) is 24.5. The van der Waals surface area contributed by atoms with E-state index in [0.29, 0.717) is 101 Å². The normalized spacial score (nSPS) is 33.8. The number of phenolic OH excluding ortho intramolecular Hbond substituents is 2. The largest absolute Gasteiger partial charge is 0.508 e. The number of allylic oxidation sites excluding steroid dienone is 2. The van der Waals surface area contributed by atoms with E-state index in [1.54, 1.807) is 50.7 Å². The molecule has 5 aromatic rings. The van der Waals surface area contributed by atoms with E-state index in [-0.39, 0.29) is 78.7 Å². The molecule has 0 amide bonds. The van der Waals surface area contributed by atoms with Crippen LogP contribution in [0.1, 0.15) is 193 Å². The summed E-state index contributed by atoms with van der Waals surface area (Å²) in [7, 11) is 7.11. The summed E-state index contributed by atoms with van der Waals surface area (Å²) in [6.45, 7) is 0.307. The number of benzene rings is 4. The molecule has 9 aliphatic rings. The number of carbonyl (C=O) groups is 2. The lowest BCUT2D eigenvalue weighted by Gasteiger charge is -2.55. The van der Waals surface area contributed by atoms with Gasteiger partial charge in [-0.15, -0.1) is 0 Å². The molecule has 15 heteroatoms. The molecule has 13 atom stereocenters. The Bertz CT molecular complexity index is 3630. The highest BCUT2D eigenvalue weighted by atomic mass is 33.1. The van der Waals surface area contributed by atoms with Gasteiger partial charge in [-0.25, -0.2) is 0 Å². The molecule has 7 aliphatic carbocycles. The number of phenols is 2. The summed E-state index contributed by atoms with van der Waals surface area (Å²) in [4.78, 5) is 32.3. The maximum Gasteiger partial charge on any atom is 0.165 e. The van der Waals surface area contributed by atoms with Crippen molar-refractivity contribution in [3.8, 4) is 29.1 Å². The van der Waals surface area contributed by atoms with Crippen LogP contribution in [0, 0.1) is 70.0 Å². The van der Waals surface area contributed by atoms with Crippen molar-refractivity contribution in [2.45, 2.75) is 170 Å². The Morgan fingerprint density at radius 1 is 0.714 bits per heavy atom. The third kappa shape index (κ3) is 12.6. The van der Waals surface area contributed by atoms with Crippen LogP contribution in [0.15, 0.2) is 97.2 Å². The highest BCUT2D eigenvalue weighted by Crippen LogP contribution is 2.67. The molecule has 1 aromatic heterocycles. The number of fused-ring (bicyclic) bond motifs is 15. The molecule has 0 unspecified atom stereocenters. The average molecular weight is 1300 g/mol. The standard InChI is InChI=1S/C76H91N3O8S4/c77-72(78)60-35-49-7-5-9-67-57(23-30-79-67)70(84)37-61-58(49)36-51(60)41-88-89-42-53-39-73(28-21-54(81)15-10-46-12-19-69(83)71(33-46)87-31-24-47-11-18-68(82)62(61)32-47)27-20-50-38-76(86)52(14-17-65-66(76)22-29-74(65)25-3-4-26-74)13-16-56-59(50)34-48-6-1-2-8-55(48)63(40-80)64(56)43-90-91-45-75(53,85)44-73/h1-2,6,8,11-12,18-19,21,23,28,30,32-33,35-36,50,52-53,56,59,61,63-66,72,79-80,82-83,85-86H,3-4,9-10,13-17,20,22,24-27,29,31,34,37-45,77-78H2/b28-21+/t50-,52-,53-,56-,59+,61+,63+,64+,65+,66+,73+,75-,76+/m1/s1. The number of nitrogens with two attached hydrogens (primary N) is 2. The Hall–Kier alpha value is -4.60. The van der Waals surface area contributed by atoms with Crippen molar-refractivity contribution in [2.24, 2.45) is 69.6 Å². The fourth-order valence-corrected chi connectivity index (χ4v) is 25.6. The first kappa shape index (κ1) is 63.8. The second kappa shape index (κ2) is 26.5. The molecule has 1 saturated heterocycles. The molecule has 13 bridgehead atoms. The summed E-state index contributed by atoms with van der Waals surface area (Å²) >= 11 is 0. The van der Waals surface area contributed by atoms with Gasteiger partial charge in [0.2, 0.25) is 0 Å². The number of hydrogen-bond donors (Lipinski definition) is 8. The Kier molecular flexibility index (Phi) is 18.6. The monoisotopic (exact) mass is 1300 g/mol. The summed E-state index contributed by atoms with van der Waals surface area (Å²) in [6.07, 6.45) is 23.2. The maximum atomic E-state index is 14.5. The second-order valence-electron chi connectivity index (χ2n) is 29.3. The van der Waals surface area contributed by atoms with E-state index in [1.165, 1.54) is 49.7 Å². The van der Waals surface area contributed by atoms with Gasteiger partial charge in [-0.1, -0.05) is 122 Å². The van der Waals surface area contributed by atoms with Gasteiger partial charge in [0.05, 0.1) is 37.0 Å². The van der Waals surface area contributed by atoms with Gasteiger partial charge in [0.1, 0.15) is 5.75 Å². The van der Waals surface area contributed by atoms with Crippen molar-refractivity contribution in [3.05, 3.63) is 159 Å². The van der Waals surface area contributed by atoms with Crippen molar-refractivity contribution < 1.29 is 39.9 Å². The molecule has 5 saturated carbocycles. The number of aliphatic hydroxyl groups is 3. The number of aromatic hydroxyl groups is 2. The van der Waals surface area contributed by atoms with Crippen LogP contribution in [0.4, 0.5) is 0 Å². The highest BCUT2D eigenvalue weighted by molar-refractivity contribution is 8.77. The van der Waals surface area contributed by atoms with E-state index >= 15 is 0 Å². The smallest absolute Gasteiger partial charge is 0.165 e. The summed E-state index contributed by atoms with van der Waals surface area (Å²) in [6, 6.07) is 25.6. The van der Waals surface area contributed by atoms with Crippen LogP contribution in [0.3, 0.4) is 0 Å². The van der Waals surface area contributed by atoms with Crippen LogP contribution in [0.2, 0.25) is 0 Å². The fourth-order valence-electron chi connectivity index (χ4n) is 20.0. The molecule has 91 heavy (non-hydrogen) atoms. The number of rotatable bonds is 2. The zero-order chi connectivity index (χ0) is 62.7. The number of H-pyrrole nitrogens is 1. The van der Waals surface area contributed by atoms with E-state index in [1.807, 2.05) is 53.3 Å². The SMILES string of the molecule is NC(N)c1cc2c3cc1CSSC[C@H]1C[C@@]4(/C=C/C(=O)CCc5ccc(O)c(c5)OCCc5ccc(O)c(c5)[C@H]3CC(=O)c3cc[nH]c3CC#C2)CC[C@@H]2C[C@]3(O)[C@H](CC[C@@H]5[C@H]2Cc2ccccc2[C@H](CO)[C@H]5CSSC[C@]1(O)C4)CC[C@H]1[C@@H]3CCC12CCCC2. The van der Waals surface area contributed by atoms with E-state index < -0.39 is 28.7 Å².